The fourth-order valence-corrected chi connectivity index (χ4v) is 8.11. The predicted molar refractivity (Wildman–Crippen MR) is 117 cm³/mol. The van der Waals surface area contributed by atoms with Crippen LogP contribution in [0, 0.1) is 28.6 Å². The number of fused-ring (bicyclic) bond motifs is 5. The third-order valence-electron chi connectivity index (χ3n) is 9.07. The van der Waals surface area contributed by atoms with Gasteiger partial charge >= 0.3 is 0 Å². The quantitative estimate of drug-likeness (QED) is 0.377. The molecule has 3 fully saturated rings. The molecule has 4 rings (SSSR count). The largest absolute Gasteiger partial charge is 0.390 e. The maximum absolute atomic E-state index is 17.1. The summed E-state index contributed by atoms with van der Waals surface area (Å²) in [7, 11) is 0. The molecular weight excluding hydrogens is 419 g/mol. The molecule has 0 aliphatic heterocycles. The minimum Gasteiger partial charge on any atom is -0.390 e. The van der Waals surface area contributed by atoms with Crippen LogP contribution < -0.4 is 0 Å². The smallest absolute Gasteiger partial charge is 0.218 e. The first kappa shape index (κ1) is 23.1. The van der Waals surface area contributed by atoms with Crippen LogP contribution in [0.25, 0.3) is 0 Å². The fraction of sp³-hybridized carbons (Fsp3) is 0.750. The lowest BCUT2D eigenvalue weighted by Gasteiger charge is -2.62. The van der Waals surface area contributed by atoms with Crippen LogP contribution in [-0.4, -0.2) is 46.8 Å². The first-order chi connectivity index (χ1) is 14.5. The second-order valence-electron chi connectivity index (χ2n) is 10.2. The van der Waals surface area contributed by atoms with Crippen LogP contribution >= 0.6 is 12.6 Å². The minimum atomic E-state index is -1.92. The number of alkyl halides is 1. The molecular formula is C24H33FO5S. The molecule has 0 heterocycles. The lowest BCUT2D eigenvalue weighted by Crippen LogP contribution is -2.69. The Morgan fingerprint density at radius 2 is 2.06 bits per heavy atom. The number of aliphatic hydroxyl groups excluding tert-OH is 1. The van der Waals surface area contributed by atoms with Crippen molar-refractivity contribution in [1.82, 2.24) is 0 Å². The Labute approximate surface area is 188 Å². The first-order valence-electron chi connectivity index (χ1n) is 11.2. The van der Waals surface area contributed by atoms with Gasteiger partial charge in [-0.25, -0.2) is 4.39 Å². The summed E-state index contributed by atoms with van der Waals surface area (Å²) in [4.78, 5) is 24.9. The molecule has 0 aromatic heterocycles. The van der Waals surface area contributed by atoms with Crippen LogP contribution in [-0.2, 0) is 19.1 Å². The predicted octanol–water partition coefficient (Wildman–Crippen LogP) is 3.81. The summed E-state index contributed by atoms with van der Waals surface area (Å²) in [5.41, 5.74) is -4.26. The van der Waals surface area contributed by atoms with E-state index in [2.05, 4.69) is 12.6 Å². The fourth-order valence-electron chi connectivity index (χ4n) is 7.57. The number of ether oxygens (including phenoxy) is 2. The van der Waals surface area contributed by atoms with Gasteiger partial charge in [-0.05, 0) is 63.5 Å². The Morgan fingerprint density at radius 1 is 1.35 bits per heavy atom. The number of carbonyl (C=O) groups is 2. The zero-order chi connectivity index (χ0) is 22.8. The van der Waals surface area contributed by atoms with Crippen LogP contribution in [0.5, 0.6) is 0 Å². The first-order valence-corrected chi connectivity index (χ1v) is 11.7. The molecule has 7 heteroatoms. The molecule has 4 aliphatic rings. The van der Waals surface area contributed by atoms with Crippen molar-refractivity contribution in [1.29, 1.82) is 0 Å². The molecule has 0 bridgehead atoms. The average Bonchev–Trinajstić information content (AvgIpc) is 2.92. The summed E-state index contributed by atoms with van der Waals surface area (Å²) in [5.74, 6) is -0.967. The maximum atomic E-state index is 17.1. The highest BCUT2D eigenvalue weighted by Crippen LogP contribution is 2.71. The molecule has 0 aromatic carbocycles. The molecule has 0 spiro atoms. The zero-order valence-electron chi connectivity index (χ0n) is 18.7. The highest BCUT2D eigenvalue weighted by molar-refractivity contribution is 7.96. The maximum Gasteiger partial charge on any atom is 0.218 e. The monoisotopic (exact) mass is 452 g/mol. The van der Waals surface area contributed by atoms with E-state index >= 15 is 4.39 Å². The van der Waals surface area contributed by atoms with Crippen LogP contribution in [0.2, 0.25) is 0 Å². The number of carbonyl (C=O) groups excluding carboxylic acids is 2. The third-order valence-corrected chi connectivity index (χ3v) is 9.41. The highest BCUT2D eigenvalue weighted by Gasteiger charge is 2.76. The van der Waals surface area contributed by atoms with Crippen molar-refractivity contribution in [3.05, 3.63) is 23.8 Å². The summed E-state index contributed by atoms with van der Waals surface area (Å²) in [6.07, 6.45) is 5.08. The molecule has 2 unspecified atom stereocenters. The standard InChI is InChI=1S/C24H33FO5S/c1-5-29-13-30-24(20(28)31)14(2)10-18-17-7-6-15-11-16(26)8-9-21(15,3)23(17,25)19(27)12-22(18,24)4/h8-9,11,14,17-19,27H,5-7,10,12-13H2,1-4H3,(H,28,31)/t14-,17?,18?,19+,21+,22+,23+,24+/m1/s1. The molecule has 3 saturated carbocycles. The molecule has 31 heavy (non-hydrogen) atoms. The van der Waals surface area contributed by atoms with Gasteiger partial charge in [0.1, 0.15) is 12.4 Å². The second-order valence-corrected chi connectivity index (χ2v) is 10.6. The summed E-state index contributed by atoms with van der Waals surface area (Å²) in [6.45, 7) is 7.93. The van der Waals surface area contributed by atoms with Crippen molar-refractivity contribution in [2.75, 3.05) is 13.4 Å². The van der Waals surface area contributed by atoms with Gasteiger partial charge in [-0.15, -0.1) is 12.6 Å². The number of ketones is 1. The number of hydrogen-bond acceptors (Lipinski definition) is 5. The van der Waals surface area contributed by atoms with E-state index in [9.17, 15) is 14.7 Å². The third kappa shape index (κ3) is 2.79. The Morgan fingerprint density at radius 3 is 2.71 bits per heavy atom. The van der Waals surface area contributed by atoms with Gasteiger partial charge in [-0.1, -0.05) is 25.5 Å². The van der Waals surface area contributed by atoms with Gasteiger partial charge in [-0.2, -0.15) is 0 Å². The van der Waals surface area contributed by atoms with Gasteiger partial charge in [0.25, 0.3) is 0 Å². The SMILES string of the molecule is CCOCO[C@]1(C(=O)S)[C@H](C)CC2C3CCC4=CC(=O)C=C[C@]4(C)[C@@]3(F)[C@@H](O)C[C@@]21C. The normalized spacial score (nSPS) is 48.6. The van der Waals surface area contributed by atoms with E-state index in [0.717, 1.165) is 5.57 Å². The van der Waals surface area contributed by atoms with E-state index < -0.39 is 39.2 Å². The number of rotatable bonds is 5. The van der Waals surface area contributed by atoms with E-state index in [1.807, 2.05) is 20.8 Å². The van der Waals surface area contributed by atoms with Crippen LogP contribution in [0.1, 0.15) is 53.4 Å². The minimum absolute atomic E-state index is 0.0492. The molecule has 0 radical (unpaired) electrons. The number of aliphatic hydroxyl groups is 1. The van der Waals surface area contributed by atoms with Crippen molar-refractivity contribution in [2.24, 2.45) is 28.6 Å². The summed E-state index contributed by atoms with van der Waals surface area (Å²) < 4.78 is 28.7. The Kier molecular flexibility index (Phi) is 5.60. The number of thiol groups is 1. The zero-order valence-corrected chi connectivity index (χ0v) is 19.6. The van der Waals surface area contributed by atoms with Crippen molar-refractivity contribution >= 4 is 23.5 Å². The van der Waals surface area contributed by atoms with Crippen molar-refractivity contribution < 1.29 is 28.6 Å². The molecule has 5 nitrogen and oxygen atoms in total. The number of hydrogen-bond donors (Lipinski definition) is 2. The Bertz CT molecular complexity index is 857. The van der Waals surface area contributed by atoms with E-state index in [1.165, 1.54) is 12.2 Å². The molecule has 8 atom stereocenters. The van der Waals surface area contributed by atoms with E-state index in [4.69, 9.17) is 9.47 Å². The second kappa shape index (κ2) is 7.51. The molecule has 1 N–H and O–H groups in total. The van der Waals surface area contributed by atoms with Crippen LogP contribution in [0.15, 0.2) is 23.8 Å². The van der Waals surface area contributed by atoms with Crippen LogP contribution in [0.3, 0.4) is 0 Å². The summed E-state index contributed by atoms with van der Waals surface area (Å²) in [5, 5.41) is 11.0. The van der Waals surface area contributed by atoms with Crippen molar-refractivity contribution in [3.8, 4) is 0 Å². The van der Waals surface area contributed by atoms with Gasteiger partial charge in [0.2, 0.25) is 5.12 Å². The summed E-state index contributed by atoms with van der Waals surface area (Å²) in [6, 6.07) is 0. The van der Waals surface area contributed by atoms with Crippen molar-refractivity contribution in [2.45, 2.75) is 70.8 Å². The van der Waals surface area contributed by atoms with E-state index in [1.54, 1.807) is 13.0 Å². The number of halogens is 1. The molecule has 0 amide bonds. The Hall–Kier alpha value is -1.02. The van der Waals surface area contributed by atoms with Gasteiger partial charge in [-0.3, -0.25) is 9.59 Å². The topological polar surface area (TPSA) is 72.8 Å². The van der Waals surface area contributed by atoms with Gasteiger partial charge in [0, 0.05) is 23.4 Å². The van der Waals surface area contributed by atoms with Gasteiger partial charge in [0.15, 0.2) is 11.5 Å². The summed E-state index contributed by atoms with van der Waals surface area (Å²) >= 11 is 4.23. The van der Waals surface area contributed by atoms with Crippen LogP contribution in [0.4, 0.5) is 4.39 Å². The van der Waals surface area contributed by atoms with Gasteiger partial charge in [0.05, 0.1) is 6.10 Å². The van der Waals surface area contributed by atoms with E-state index in [0.29, 0.717) is 25.9 Å². The van der Waals surface area contributed by atoms with Gasteiger partial charge < -0.3 is 14.6 Å². The molecule has 0 aromatic rings. The van der Waals surface area contributed by atoms with E-state index in [-0.39, 0.29) is 30.8 Å². The lowest BCUT2D eigenvalue weighted by atomic mass is 9.45. The Balaban J connectivity index is 1.80. The van der Waals surface area contributed by atoms with Crippen molar-refractivity contribution in [3.63, 3.8) is 0 Å². The lowest BCUT2D eigenvalue weighted by molar-refractivity contribution is -0.240. The molecule has 4 aliphatic carbocycles. The molecule has 172 valence electrons. The highest BCUT2D eigenvalue weighted by atomic mass is 32.1. The molecule has 0 saturated heterocycles. The number of allylic oxidation sites excluding steroid dienone is 4. The average molecular weight is 453 g/mol.